The Hall–Kier alpha value is -0.590. The lowest BCUT2D eigenvalue weighted by atomic mass is 10.1. The summed E-state index contributed by atoms with van der Waals surface area (Å²) in [5.74, 6) is 0.876. The fourth-order valence-corrected chi connectivity index (χ4v) is 0.590. The molecule has 0 aromatic heterocycles. The summed E-state index contributed by atoms with van der Waals surface area (Å²) in [7, 11) is 0. The van der Waals surface area contributed by atoms with Crippen LogP contribution in [-0.2, 0) is 4.79 Å². The van der Waals surface area contributed by atoms with Crippen LogP contribution in [0.1, 0.15) is 33.6 Å². The topological polar surface area (TPSA) is 17.1 Å². The SMILES string of the molecule is CCC(=O)/C=C\CC(C)C. The second-order valence-electron chi connectivity index (χ2n) is 2.85. The molecule has 1 heteroatoms. The van der Waals surface area contributed by atoms with E-state index < -0.39 is 0 Å². The van der Waals surface area contributed by atoms with E-state index in [9.17, 15) is 4.79 Å². The Morgan fingerprint density at radius 2 is 2.10 bits per heavy atom. The van der Waals surface area contributed by atoms with E-state index in [0.29, 0.717) is 12.3 Å². The predicted octanol–water partition coefficient (Wildman–Crippen LogP) is 2.57. The number of hydrogen-bond donors (Lipinski definition) is 0. The standard InChI is InChI=1S/C9H16O/c1-4-9(10)7-5-6-8(2)3/h5,7-8H,4,6H2,1-3H3/b7-5-. The van der Waals surface area contributed by atoms with Gasteiger partial charge in [0.25, 0.3) is 0 Å². The highest BCUT2D eigenvalue weighted by Crippen LogP contribution is 1.99. The number of ketones is 1. The number of carbonyl (C=O) groups excluding carboxylic acids is 1. The first kappa shape index (κ1) is 9.41. The van der Waals surface area contributed by atoms with Crippen LogP contribution in [0.5, 0.6) is 0 Å². The molecule has 0 heterocycles. The molecule has 0 rings (SSSR count). The van der Waals surface area contributed by atoms with Gasteiger partial charge in [-0.2, -0.15) is 0 Å². The molecule has 0 spiro atoms. The molecule has 0 aliphatic heterocycles. The molecule has 1 nitrogen and oxygen atoms in total. The van der Waals surface area contributed by atoms with Crippen LogP contribution in [0.2, 0.25) is 0 Å². The van der Waals surface area contributed by atoms with Crippen molar-refractivity contribution < 1.29 is 4.79 Å². The van der Waals surface area contributed by atoms with Crippen LogP contribution < -0.4 is 0 Å². The van der Waals surface area contributed by atoms with Gasteiger partial charge in [0.2, 0.25) is 0 Å². The van der Waals surface area contributed by atoms with E-state index in [-0.39, 0.29) is 5.78 Å². The zero-order chi connectivity index (χ0) is 7.98. The second kappa shape index (κ2) is 5.21. The normalized spacial score (nSPS) is 11.2. The van der Waals surface area contributed by atoms with Crippen molar-refractivity contribution >= 4 is 5.78 Å². The number of carbonyl (C=O) groups is 1. The predicted molar refractivity (Wildman–Crippen MR) is 43.9 cm³/mol. The van der Waals surface area contributed by atoms with Gasteiger partial charge in [0, 0.05) is 6.42 Å². The molecule has 10 heavy (non-hydrogen) atoms. The van der Waals surface area contributed by atoms with Gasteiger partial charge >= 0.3 is 0 Å². The maximum absolute atomic E-state index is 10.7. The van der Waals surface area contributed by atoms with Gasteiger partial charge in [-0.1, -0.05) is 26.8 Å². The van der Waals surface area contributed by atoms with Crippen molar-refractivity contribution in [1.29, 1.82) is 0 Å². The molecular weight excluding hydrogens is 124 g/mol. The van der Waals surface area contributed by atoms with Crippen LogP contribution in [0, 0.1) is 5.92 Å². The number of hydrogen-bond acceptors (Lipinski definition) is 1. The molecule has 0 N–H and O–H groups in total. The van der Waals surface area contributed by atoms with Crippen molar-refractivity contribution in [3.8, 4) is 0 Å². The molecular formula is C9H16O. The third-order valence-electron chi connectivity index (χ3n) is 1.26. The van der Waals surface area contributed by atoms with E-state index in [2.05, 4.69) is 13.8 Å². The third-order valence-corrected chi connectivity index (χ3v) is 1.26. The van der Waals surface area contributed by atoms with Crippen LogP contribution in [0.15, 0.2) is 12.2 Å². The summed E-state index contributed by atoms with van der Waals surface area (Å²) in [6.07, 6.45) is 5.26. The third kappa shape index (κ3) is 5.54. The molecule has 0 unspecified atom stereocenters. The molecule has 0 saturated carbocycles. The van der Waals surface area contributed by atoms with Gasteiger partial charge in [-0.15, -0.1) is 0 Å². The Morgan fingerprint density at radius 3 is 2.50 bits per heavy atom. The summed E-state index contributed by atoms with van der Waals surface area (Å²) in [4.78, 5) is 10.7. The van der Waals surface area contributed by atoms with Crippen LogP contribution in [0.4, 0.5) is 0 Å². The molecule has 0 aromatic carbocycles. The highest BCUT2D eigenvalue weighted by atomic mass is 16.1. The summed E-state index contributed by atoms with van der Waals surface area (Å²) >= 11 is 0. The van der Waals surface area contributed by atoms with E-state index in [1.54, 1.807) is 6.08 Å². The lowest BCUT2D eigenvalue weighted by Crippen LogP contribution is -1.88. The van der Waals surface area contributed by atoms with E-state index in [1.165, 1.54) is 0 Å². The van der Waals surface area contributed by atoms with Crippen molar-refractivity contribution in [3.05, 3.63) is 12.2 Å². The van der Waals surface area contributed by atoms with Crippen molar-refractivity contribution in [3.63, 3.8) is 0 Å². The van der Waals surface area contributed by atoms with Gasteiger partial charge in [0.05, 0.1) is 0 Å². The van der Waals surface area contributed by atoms with Crippen molar-refractivity contribution in [1.82, 2.24) is 0 Å². The Kier molecular flexibility index (Phi) is 4.91. The van der Waals surface area contributed by atoms with Crippen LogP contribution >= 0.6 is 0 Å². The van der Waals surface area contributed by atoms with Gasteiger partial charge in [0.15, 0.2) is 5.78 Å². The minimum absolute atomic E-state index is 0.223. The average Bonchev–Trinajstić information content (AvgIpc) is 1.87. The minimum Gasteiger partial charge on any atom is -0.295 e. The van der Waals surface area contributed by atoms with Crippen LogP contribution in [0.3, 0.4) is 0 Å². The van der Waals surface area contributed by atoms with Gasteiger partial charge in [-0.3, -0.25) is 4.79 Å². The van der Waals surface area contributed by atoms with Crippen molar-refractivity contribution in [2.75, 3.05) is 0 Å². The molecule has 0 aromatic rings. The van der Waals surface area contributed by atoms with E-state index >= 15 is 0 Å². The Morgan fingerprint density at radius 1 is 1.50 bits per heavy atom. The van der Waals surface area contributed by atoms with Gasteiger partial charge in [0.1, 0.15) is 0 Å². The van der Waals surface area contributed by atoms with Crippen LogP contribution in [0.25, 0.3) is 0 Å². The van der Waals surface area contributed by atoms with Crippen molar-refractivity contribution in [2.45, 2.75) is 33.6 Å². The quantitative estimate of drug-likeness (QED) is 0.548. The van der Waals surface area contributed by atoms with E-state index in [1.807, 2.05) is 13.0 Å². The average molecular weight is 140 g/mol. The Balaban J connectivity index is 3.46. The molecule has 0 atom stereocenters. The Bertz CT molecular complexity index is 123. The molecule has 0 saturated heterocycles. The van der Waals surface area contributed by atoms with Gasteiger partial charge in [-0.05, 0) is 18.4 Å². The lowest BCUT2D eigenvalue weighted by Gasteiger charge is -1.95. The molecule has 0 aliphatic carbocycles. The highest BCUT2D eigenvalue weighted by Gasteiger charge is 1.90. The van der Waals surface area contributed by atoms with Crippen LogP contribution in [-0.4, -0.2) is 5.78 Å². The largest absolute Gasteiger partial charge is 0.295 e. The lowest BCUT2D eigenvalue weighted by molar-refractivity contribution is -0.114. The molecule has 0 aliphatic rings. The summed E-state index contributed by atoms with van der Waals surface area (Å²) < 4.78 is 0. The number of allylic oxidation sites excluding steroid dienone is 2. The van der Waals surface area contributed by atoms with Crippen molar-refractivity contribution in [2.24, 2.45) is 5.92 Å². The molecule has 0 bridgehead atoms. The maximum atomic E-state index is 10.7. The van der Waals surface area contributed by atoms with Gasteiger partial charge < -0.3 is 0 Å². The zero-order valence-electron chi connectivity index (χ0n) is 7.05. The smallest absolute Gasteiger partial charge is 0.155 e. The Labute approximate surface area is 63.1 Å². The minimum atomic E-state index is 0.223. The molecule has 0 amide bonds. The van der Waals surface area contributed by atoms with E-state index in [4.69, 9.17) is 0 Å². The maximum Gasteiger partial charge on any atom is 0.155 e. The summed E-state index contributed by atoms with van der Waals surface area (Å²) in [5.41, 5.74) is 0. The summed E-state index contributed by atoms with van der Waals surface area (Å²) in [5, 5.41) is 0. The highest BCUT2D eigenvalue weighted by molar-refractivity contribution is 5.89. The molecule has 0 radical (unpaired) electrons. The first-order valence-electron chi connectivity index (χ1n) is 3.86. The first-order valence-corrected chi connectivity index (χ1v) is 3.86. The van der Waals surface area contributed by atoms with E-state index in [0.717, 1.165) is 6.42 Å². The fraction of sp³-hybridized carbons (Fsp3) is 0.667. The van der Waals surface area contributed by atoms with Gasteiger partial charge in [-0.25, -0.2) is 0 Å². The first-order chi connectivity index (χ1) is 4.66. The zero-order valence-corrected chi connectivity index (χ0v) is 7.05. The fourth-order valence-electron chi connectivity index (χ4n) is 0.590. The summed E-state index contributed by atoms with van der Waals surface area (Å²) in [6, 6.07) is 0. The number of rotatable bonds is 4. The monoisotopic (exact) mass is 140 g/mol. The molecule has 0 fully saturated rings. The second-order valence-corrected chi connectivity index (χ2v) is 2.85. The summed E-state index contributed by atoms with van der Waals surface area (Å²) in [6.45, 7) is 6.16. The molecule has 58 valence electrons.